The first-order valence-corrected chi connectivity index (χ1v) is 8.79. The van der Waals surface area contributed by atoms with Gasteiger partial charge in [0.25, 0.3) is 11.8 Å². The SMILES string of the molecule is CNC(=O)c1cnc(Oc2ccc(C3C[C@@H]4CC[C@H]3C4)cc2)c(F)c1. The number of carbonyl (C=O) groups excluding carboxylic acids is 1. The average molecular weight is 340 g/mol. The van der Waals surface area contributed by atoms with Crippen LogP contribution in [0.3, 0.4) is 0 Å². The van der Waals surface area contributed by atoms with Gasteiger partial charge in [-0.1, -0.05) is 18.6 Å². The molecule has 1 unspecified atom stereocenters. The van der Waals surface area contributed by atoms with E-state index in [9.17, 15) is 9.18 Å². The zero-order valence-electron chi connectivity index (χ0n) is 14.2. The van der Waals surface area contributed by atoms with Crippen molar-refractivity contribution in [2.75, 3.05) is 7.05 Å². The maximum absolute atomic E-state index is 14.1. The number of fused-ring (bicyclic) bond motifs is 2. The summed E-state index contributed by atoms with van der Waals surface area (Å²) < 4.78 is 19.6. The third-order valence-electron chi connectivity index (χ3n) is 5.56. The van der Waals surface area contributed by atoms with Gasteiger partial charge in [0.05, 0.1) is 5.56 Å². The highest BCUT2D eigenvalue weighted by atomic mass is 19.1. The maximum Gasteiger partial charge on any atom is 0.255 e. The summed E-state index contributed by atoms with van der Waals surface area (Å²) in [4.78, 5) is 15.4. The van der Waals surface area contributed by atoms with Gasteiger partial charge in [0.15, 0.2) is 5.82 Å². The number of rotatable bonds is 4. The fourth-order valence-corrected chi connectivity index (χ4v) is 4.32. The second-order valence-corrected chi connectivity index (χ2v) is 7.04. The van der Waals surface area contributed by atoms with Crippen LogP contribution in [0, 0.1) is 17.7 Å². The summed E-state index contributed by atoms with van der Waals surface area (Å²) in [6.45, 7) is 0. The van der Waals surface area contributed by atoms with Crippen molar-refractivity contribution < 1.29 is 13.9 Å². The number of pyridine rings is 1. The Morgan fingerprint density at radius 2 is 2.04 bits per heavy atom. The van der Waals surface area contributed by atoms with Crippen molar-refractivity contribution in [2.24, 2.45) is 11.8 Å². The molecular formula is C20H21FN2O2. The summed E-state index contributed by atoms with van der Waals surface area (Å²) in [5, 5.41) is 2.44. The lowest BCUT2D eigenvalue weighted by Gasteiger charge is -2.22. The van der Waals surface area contributed by atoms with Crippen molar-refractivity contribution in [3.63, 3.8) is 0 Å². The Kier molecular flexibility index (Phi) is 4.15. The molecule has 5 heteroatoms. The predicted molar refractivity (Wildman–Crippen MR) is 92.3 cm³/mol. The number of benzene rings is 1. The van der Waals surface area contributed by atoms with E-state index < -0.39 is 5.82 Å². The number of aromatic nitrogens is 1. The molecule has 0 radical (unpaired) electrons. The van der Waals surface area contributed by atoms with Gasteiger partial charge < -0.3 is 10.1 Å². The number of amides is 1. The number of halogens is 1. The molecule has 2 fully saturated rings. The van der Waals surface area contributed by atoms with Gasteiger partial charge in [-0.2, -0.15) is 0 Å². The molecule has 25 heavy (non-hydrogen) atoms. The normalized spacial score (nSPS) is 24.3. The fraction of sp³-hybridized carbons (Fsp3) is 0.400. The van der Waals surface area contributed by atoms with Crippen LogP contribution in [0.25, 0.3) is 0 Å². The smallest absolute Gasteiger partial charge is 0.255 e. The summed E-state index contributed by atoms with van der Waals surface area (Å²) in [5.41, 5.74) is 1.52. The van der Waals surface area contributed by atoms with E-state index in [2.05, 4.69) is 22.4 Å². The molecule has 0 spiro atoms. The molecular weight excluding hydrogens is 319 g/mol. The molecule has 2 bridgehead atoms. The lowest BCUT2D eigenvalue weighted by molar-refractivity contribution is 0.0962. The van der Waals surface area contributed by atoms with Crippen LogP contribution in [0.15, 0.2) is 36.5 Å². The Balaban J connectivity index is 1.47. The number of carbonyl (C=O) groups is 1. The van der Waals surface area contributed by atoms with Crippen LogP contribution < -0.4 is 10.1 Å². The van der Waals surface area contributed by atoms with E-state index in [0.717, 1.165) is 17.9 Å². The van der Waals surface area contributed by atoms with E-state index in [1.807, 2.05) is 12.1 Å². The molecule has 1 aromatic carbocycles. The summed E-state index contributed by atoms with van der Waals surface area (Å²) in [7, 11) is 1.49. The predicted octanol–water partition coefficient (Wildman–Crippen LogP) is 4.28. The van der Waals surface area contributed by atoms with Crippen molar-refractivity contribution in [3.05, 3.63) is 53.5 Å². The Hall–Kier alpha value is -2.43. The molecule has 2 aromatic rings. The lowest BCUT2D eigenvalue weighted by atomic mass is 9.83. The van der Waals surface area contributed by atoms with Crippen LogP contribution in [0.4, 0.5) is 4.39 Å². The Labute approximate surface area is 146 Å². The first kappa shape index (κ1) is 16.1. The van der Waals surface area contributed by atoms with Gasteiger partial charge >= 0.3 is 0 Å². The van der Waals surface area contributed by atoms with Crippen molar-refractivity contribution in [1.29, 1.82) is 0 Å². The molecule has 2 saturated carbocycles. The van der Waals surface area contributed by atoms with Gasteiger partial charge in [0, 0.05) is 13.2 Å². The highest BCUT2D eigenvalue weighted by molar-refractivity contribution is 5.93. The molecule has 1 heterocycles. The third-order valence-corrected chi connectivity index (χ3v) is 5.56. The first-order valence-electron chi connectivity index (χ1n) is 8.79. The molecule has 1 N–H and O–H groups in total. The fourth-order valence-electron chi connectivity index (χ4n) is 4.32. The molecule has 2 aliphatic carbocycles. The summed E-state index contributed by atoms with van der Waals surface area (Å²) in [6, 6.07) is 9.03. The van der Waals surface area contributed by atoms with Crippen molar-refractivity contribution >= 4 is 5.91 Å². The standard InChI is InChI=1S/C20H21FN2O2/c1-22-19(24)15-10-18(21)20(23-11-15)25-16-6-4-13(5-7-16)17-9-12-2-3-14(17)8-12/h4-7,10-12,14,17H,2-3,8-9H2,1H3,(H,22,24)/t12-,14+,17?/m1/s1. The van der Waals surface area contributed by atoms with Crippen LogP contribution >= 0.6 is 0 Å². The Morgan fingerprint density at radius 1 is 1.24 bits per heavy atom. The minimum atomic E-state index is -0.654. The molecule has 3 atom stereocenters. The molecule has 130 valence electrons. The van der Waals surface area contributed by atoms with Crippen LogP contribution in [-0.4, -0.2) is 17.9 Å². The topological polar surface area (TPSA) is 51.2 Å². The van der Waals surface area contributed by atoms with E-state index in [-0.39, 0.29) is 17.4 Å². The zero-order valence-corrected chi connectivity index (χ0v) is 14.2. The molecule has 1 amide bonds. The van der Waals surface area contributed by atoms with Crippen molar-refractivity contribution in [3.8, 4) is 11.6 Å². The first-order chi connectivity index (χ1) is 12.1. The van der Waals surface area contributed by atoms with Gasteiger partial charge in [-0.05, 0) is 60.8 Å². The van der Waals surface area contributed by atoms with Crippen LogP contribution in [-0.2, 0) is 0 Å². The van der Waals surface area contributed by atoms with Gasteiger partial charge in [-0.15, -0.1) is 0 Å². The van der Waals surface area contributed by atoms with Gasteiger partial charge in [-0.3, -0.25) is 4.79 Å². The highest BCUT2D eigenvalue weighted by Gasteiger charge is 2.39. The number of nitrogens with zero attached hydrogens (tertiary/aromatic N) is 1. The van der Waals surface area contributed by atoms with Crippen LogP contribution in [0.5, 0.6) is 11.6 Å². The molecule has 4 nitrogen and oxygen atoms in total. The Bertz CT molecular complexity index is 791. The van der Waals surface area contributed by atoms with E-state index in [1.54, 1.807) is 0 Å². The van der Waals surface area contributed by atoms with Gasteiger partial charge in [0.1, 0.15) is 5.75 Å². The molecule has 0 aliphatic heterocycles. The maximum atomic E-state index is 14.1. The zero-order chi connectivity index (χ0) is 17.4. The second kappa shape index (κ2) is 6.47. The summed E-state index contributed by atoms with van der Waals surface area (Å²) in [6.07, 6.45) is 6.71. The quantitative estimate of drug-likeness (QED) is 0.904. The molecule has 1 aromatic heterocycles. The van der Waals surface area contributed by atoms with Gasteiger partial charge in [-0.25, -0.2) is 9.37 Å². The molecule has 4 rings (SSSR count). The number of hydrogen-bond acceptors (Lipinski definition) is 3. The molecule has 2 aliphatic rings. The average Bonchev–Trinajstić information content (AvgIpc) is 3.27. The molecule has 0 saturated heterocycles. The lowest BCUT2D eigenvalue weighted by Crippen LogP contribution is -2.18. The van der Waals surface area contributed by atoms with Gasteiger partial charge in [0.2, 0.25) is 0 Å². The summed E-state index contributed by atoms with van der Waals surface area (Å²) in [5.74, 6) is 1.78. The summed E-state index contributed by atoms with van der Waals surface area (Å²) >= 11 is 0. The minimum absolute atomic E-state index is 0.125. The Morgan fingerprint density at radius 3 is 2.64 bits per heavy atom. The largest absolute Gasteiger partial charge is 0.436 e. The van der Waals surface area contributed by atoms with Crippen molar-refractivity contribution in [2.45, 2.75) is 31.6 Å². The highest BCUT2D eigenvalue weighted by Crippen LogP contribution is 2.52. The minimum Gasteiger partial charge on any atom is -0.436 e. The monoisotopic (exact) mass is 340 g/mol. The van der Waals surface area contributed by atoms with E-state index >= 15 is 0 Å². The van der Waals surface area contributed by atoms with Crippen molar-refractivity contribution in [1.82, 2.24) is 10.3 Å². The van der Waals surface area contributed by atoms with E-state index in [0.29, 0.717) is 11.7 Å². The second-order valence-electron chi connectivity index (χ2n) is 7.04. The van der Waals surface area contributed by atoms with E-state index in [4.69, 9.17) is 4.74 Å². The van der Waals surface area contributed by atoms with Crippen LogP contribution in [0.2, 0.25) is 0 Å². The third kappa shape index (κ3) is 3.11. The van der Waals surface area contributed by atoms with Crippen LogP contribution in [0.1, 0.15) is 47.5 Å². The number of nitrogens with one attached hydrogen (secondary N) is 1. The number of ether oxygens (including phenoxy) is 1. The number of hydrogen-bond donors (Lipinski definition) is 1. The van der Waals surface area contributed by atoms with E-state index in [1.165, 1.54) is 44.5 Å².